The van der Waals surface area contributed by atoms with Crippen molar-refractivity contribution in [3.63, 3.8) is 0 Å². The van der Waals surface area contributed by atoms with Crippen molar-refractivity contribution in [3.05, 3.63) is 41.1 Å². The summed E-state index contributed by atoms with van der Waals surface area (Å²) in [7, 11) is 0. The van der Waals surface area contributed by atoms with Gasteiger partial charge in [0, 0.05) is 37.4 Å². The Hall–Kier alpha value is -2.01. The molecule has 0 aromatic heterocycles. The van der Waals surface area contributed by atoms with Gasteiger partial charge in [-0.15, -0.1) is 0 Å². The van der Waals surface area contributed by atoms with Crippen molar-refractivity contribution in [3.8, 4) is 0 Å². The maximum absolute atomic E-state index is 11.9. The Labute approximate surface area is 122 Å². The van der Waals surface area contributed by atoms with E-state index in [1.165, 1.54) is 0 Å². The van der Waals surface area contributed by atoms with Crippen LogP contribution in [0.25, 0.3) is 6.08 Å². The highest BCUT2D eigenvalue weighted by atomic mass is 35.5. The van der Waals surface area contributed by atoms with Gasteiger partial charge >= 0.3 is 6.03 Å². The Morgan fingerprint density at radius 2 is 1.80 bits per heavy atom. The first-order valence-corrected chi connectivity index (χ1v) is 6.74. The third kappa shape index (κ3) is 3.99. The lowest BCUT2D eigenvalue weighted by Crippen LogP contribution is -2.50. The number of nitrogens with zero attached hydrogens (tertiary/aromatic N) is 2. The molecule has 0 atom stereocenters. The van der Waals surface area contributed by atoms with Crippen LogP contribution in [0.2, 0.25) is 5.02 Å². The molecule has 1 aliphatic heterocycles. The Morgan fingerprint density at radius 3 is 2.40 bits per heavy atom. The first-order valence-electron chi connectivity index (χ1n) is 6.36. The number of urea groups is 1. The summed E-state index contributed by atoms with van der Waals surface area (Å²) in [6.45, 7) is 2.27. The van der Waals surface area contributed by atoms with E-state index < -0.39 is 0 Å². The molecule has 0 saturated carbocycles. The normalized spacial score (nSPS) is 15.4. The van der Waals surface area contributed by atoms with Crippen molar-refractivity contribution >= 4 is 30.1 Å². The van der Waals surface area contributed by atoms with Gasteiger partial charge in [0.05, 0.1) is 0 Å². The lowest BCUT2D eigenvalue weighted by Gasteiger charge is -2.32. The van der Waals surface area contributed by atoms with Gasteiger partial charge in [0.1, 0.15) is 0 Å². The second-order valence-electron chi connectivity index (χ2n) is 4.46. The van der Waals surface area contributed by atoms with Crippen molar-refractivity contribution in [2.75, 3.05) is 26.2 Å². The first kappa shape index (κ1) is 14.4. The summed E-state index contributed by atoms with van der Waals surface area (Å²) in [6, 6.07) is 7.17. The van der Waals surface area contributed by atoms with E-state index in [1.807, 2.05) is 12.1 Å². The van der Waals surface area contributed by atoms with Gasteiger partial charge in [0.15, 0.2) is 0 Å². The molecule has 0 radical (unpaired) electrons. The van der Waals surface area contributed by atoms with Crippen molar-refractivity contribution in [2.24, 2.45) is 0 Å². The zero-order chi connectivity index (χ0) is 14.4. The number of carbonyl (C=O) groups excluding carboxylic acids is 2. The molecule has 1 aromatic carbocycles. The predicted octanol–water partition coefficient (Wildman–Crippen LogP) is 1.79. The molecule has 1 aliphatic rings. The van der Waals surface area contributed by atoms with Crippen molar-refractivity contribution in [2.45, 2.75) is 0 Å². The second-order valence-corrected chi connectivity index (χ2v) is 4.90. The van der Waals surface area contributed by atoms with Crippen LogP contribution in [0, 0.1) is 0 Å². The van der Waals surface area contributed by atoms with E-state index in [4.69, 9.17) is 11.6 Å². The summed E-state index contributed by atoms with van der Waals surface area (Å²) in [6.07, 6.45) is 4.23. The lowest BCUT2D eigenvalue weighted by molar-refractivity contribution is -0.119. The van der Waals surface area contributed by atoms with Crippen LogP contribution >= 0.6 is 11.6 Å². The Kier molecular flexibility index (Phi) is 5.01. The monoisotopic (exact) mass is 293 g/mol. The van der Waals surface area contributed by atoms with Crippen LogP contribution in [0.15, 0.2) is 30.5 Å². The number of halogens is 1. The van der Waals surface area contributed by atoms with E-state index in [1.54, 1.807) is 34.2 Å². The molecular weight excluding hydrogens is 278 g/mol. The molecule has 1 aromatic rings. The lowest BCUT2D eigenvalue weighted by atomic mass is 10.2. The summed E-state index contributed by atoms with van der Waals surface area (Å²) < 4.78 is 0. The SMILES string of the molecule is O=CN1CCN(C(=O)N/C=C/c2ccc(Cl)cc2)CC1. The molecule has 0 unspecified atom stereocenters. The number of piperazine rings is 1. The summed E-state index contributed by atoms with van der Waals surface area (Å²) in [5.74, 6) is 0. The molecule has 1 N–H and O–H groups in total. The third-order valence-electron chi connectivity index (χ3n) is 3.10. The fourth-order valence-corrected chi connectivity index (χ4v) is 2.03. The maximum Gasteiger partial charge on any atom is 0.321 e. The van der Waals surface area contributed by atoms with Gasteiger partial charge in [-0.25, -0.2) is 4.79 Å². The molecule has 20 heavy (non-hydrogen) atoms. The van der Waals surface area contributed by atoms with E-state index in [9.17, 15) is 9.59 Å². The zero-order valence-electron chi connectivity index (χ0n) is 11.0. The van der Waals surface area contributed by atoms with Crippen LogP contribution in [0.4, 0.5) is 4.79 Å². The number of nitrogens with one attached hydrogen (secondary N) is 1. The molecule has 0 bridgehead atoms. The van der Waals surface area contributed by atoms with Gasteiger partial charge in [0.2, 0.25) is 6.41 Å². The highest BCUT2D eigenvalue weighted by molar-refractivity contribution is 6.30. The topological polar surface area (TPSA) is 52.7 Å². The minimum atomic E-state index is -0.152. The molecule has 3 amide bonds. The average molecular weight is 294 g/mol. The molecule has 1 saturated heterocycles. The smallest absolute Gasteiger partial charge is 0.321 e. The number of carbonyl (C=O) groups is 2. The van der Waals surface area contributed by atoms with E-state index in [0.717, 1.165) is 12.0 Å². The summed E-state index contributed by atoms with van der Waals surface area (Å²) in [5, 5.41) is 3.39. The molecule has 6 heteroatoms. The van der Waals surface area contributed by atoms with Gasteiger partial charge in [-0.1, -0.05) is 23.7 Å². The minimum absolute atomic E-state index is 0.152. The molecule has 1 fully saturated rings. The summed E-state index contributed by atoms with van der Waals surface area (Å²) in [4.78, 5) is 25.8. The van der Waals surface area contributed by atoms with Crippen molar-refractivity contribution in [1.82, 2.24) is 15.1 Å². The molecule has 0 spiro atoms. The zero-order valence-corrected chi connectivity index (χ0v) is 11.7. The summed E-state index contributed by atoms with van der Waals surface area (Å²) >= 11 is 5.79. The van der Waals surface area contributed by atoms with E-state index >= 15 is 0 Å². The highest BCUT2D eigenvalue weighted by Crippen LogP contribution is 2.10. The quantitative estimate of drug-likeness (QED) is 0.864. The number of rotatable bonds is 3. The Morgan fingerprint density at radius 1 is 1.15 bits per heavy atom. The standard InChI is InChI=1S/C14H16ClN3O2/c15-13-3-1-12(2-4-13)5-6-16-14(20)18-9-7-17(11-19)8-10-18/h1-6,11H,7-10H2,(H,16,20)/b6-5+. The van der Waals surface area contributed by atoms with E-state index in [2.05, 4.69) is 5.32 Å². The highest BCUT2D eigenvalue weighted by Gasteiger charge is 2.18. The maximum atomic E-state index is 11.9. The summed E-state index contributed by atoms with van der Waals surface area (Å²) in [5.41, 5.74) is 0.959. The number of hydrogen-bond donors (Lipinski definition) is 1. The van der Waals surface area contributed by atoms with Gasteiger partial charge in [-0.2, -0.15) is 0 Å². The molecule has 2 rings (SSSR count). The molecular formula is C14H16ClN3O2. The second kappa shape index (κ2) is 6.96. The number of amides is 3. The number of benzene rings is 1. The fraction of sp³-hybridized carbons (Fsp3) is 0.286. The first-order chi connectivity index (χ1) is 9.69. The molecule has 1 heterocycles. The number of hydrogen-bond acceptors (Lipinski definition) is 2. The third-order valence-corrected chi connectivity index (χ3v) is 3.36. The largest absolute Gasteiger partial charge is 0.342 e. The van der Waals surface area contributed by atoms with Crippen LogP contribution < -0.4 is 5.32 Å². The van der Waals surface area contributed by atoms with Crippen molar-refractivity contribution in [1.29, 1.82) is 0 Å². The van der Waals surface area contributed by atoms with E-state index in [0.29, 0.717) is 31.2 Å². The Bertz CT molecular complexity index is 494. The van der Waals surface area contributed by atoms with Crippen molar-refractivity contribution < 1.29 is 9.59 Å². The van der Waals surface area contributed by atoms with Crippen LogP contribution in [0.5, 0.6) is 0 Å². The molecule has 5 nitrogen and oxygen atoms in total. The van der Waals surface area contributed by atoms with Gasteiger partial charge in [-0.3, -0.25) is 4.79 Å². The Balaban J connectivity index is 1.80. The average Bonchev–Trinajstić information content (AvgIpc) is 2.49. The van der Waals surface area contributed by atoms with Crippen LogP contribution in [0.1, 0.15) is 5.56 Å². The van der Waals surface area contributed by atoms with E-state index in [-0.39, 0.29) is 6.03 Å². The van der Waals surface area contributed by atoms with Gasteiger partial charge < -0.3 is 15.1 Å². The fourth-order valence-electron chi connectivity index (χ4n) is 1.90. The minimum Gasteiger partial charge on any atom is -0.342 e. The predicted molar refractivity (Wildman–Crippen MR) is 78.2 cm³/mol. The van der Waals surface area contributed by atoms with Gasteiger partial charge in [0.25, 0.3) is 0 Å². The van der Waals surface area contributed by atoms with Crippen LogP contribution in [-0.4, -0.2) is 48.4 Å². The van der Waals surface area contributed by atoms with Crippen LogP contribution in [0.3, 0.4) is 0 Å². The molecule has 0 aliphatic carbocycles. The van der Waals surface area contributed by atoms with Gasteiger partial charge in [-0.05, 0) is 23.8 Å². The molecule has 106 valence electrons. The van der Waals surface area contributed by atoms with Crippen LogP contribution in [-0.2, 0) is 4.79 Å².